The van der Waals surface area contributed by atoms with Crippen LogP contribution in [0.3, 0.4) is 0 Å². The lowest BCUT2D eigenvalue weighted by molar-refractivity contribution is 0.247. The number of rotatable bonds is 6. The van der Waals surface area contributed by atoms with Gasteiger partial charge in [0.15, 0.2) is 0 Å². The number of fused-ring (bicyclic) bond motifs is 1. The van der Waals surface area contributed by atoms with Crippen LogP contribution in [-0.4, -0.2) is 14.9 Å². The first kappa shape index (κ1) is 16.4. The van der Waals surface area contributed by atoms with Crippen LogP contribution in [0.4, 0.5) is 0 Å². The molecule has 2 aromatic carbocycles. The number of hydrogen-bond donors (Lipinski definition) is 0. The van der Waals surface area contributed by atoms with Gasteiger partial charge < -0.3 is 0 Å². The Morgan fingerprint density at radius 2 is 1.19 bits per heavy atom. The molecule has 3 heteroatoms. The predicted molar refractivity (Wildman–Crippen MR) is 105 cm³/mol. The second kappa shape index (κ2) is 7.89. The summed E-state index contributed by atoms with van der Waals surface area (Å²) >= 11 is 0. The third-order valence-electron chi connectivity index (χ3n) is 4.48. The largest absolute Gasteiger partial charge is 0.290 e. The van der Waals surface area contributed by atoms with Gasteiger partial charge in [-0.1, -0.05) is 48.5 Å². The molecule has 0 atom stereocenters. The summed E-state index contributed by atoms with van der Waals surface area (Å²) in [5, 5.41) is 2.56. The van der Waals surface area contributed by atoms with Crippen LogP contribution in [0, 0.1) is 0 Å². The molecule has 0 spiro atoms. The van der Waals surface area contributed by atoms with Crippen molar-refractivity contribution >= 4 is 10.8 Å². The molecule has 0 aliphatic rings. The molecule has 0 aliphatic heterocycles. The zero-order valence-corrected chi connectivity index (χ0v) is 14.6. The van der Waals surface area contributed by atoms with E-state index in [1.807, 2.05) is 36.9 Å². The molecule has 0 unspecified atom stereocenters. The van der Waals surface area contributed by atoms with Crippen LogP contribution < -0.4 is 0 Å². The molecule has 0 N–H and O–H groups in total. The van der Waals surface area contributed by atoms with Crippen LogP contribution >= 0.6 is 0 Å². The summed E-state index contributed by atoms with van der Waals surface area (Å²) in [5.41, 5.74) is 3.76. The SMILES string of the molecule is c1cncc(CN(Cc2cccnc2)Cc2ccc3ccccc3c2)c1. The monoisotopic (exact) mass is 339 g/mol. The highest BCUT2D eigenvalue weighted by Gasteiger charge is 2.09. The minimum atomic E-state index is 0.857. The zero-order valence-electron chi connectivity index (χ0n) is 14.6. The average molecular weight is 339 g/mol. The normalized spacial score (nSPS) is 11.1. The van der Waals surface area contributed by atoms with Gasteiger partial charge in [-0.05, 0) is 45.7 Å². The maximum atomic E-state index is 4.25. The summed E-state index contributed by atoms with van der Waals surface area (Å²) in [6.07, 6.45) is 7.52. The van der Waals surface area contributed by atoms with Gasteiger partial charge in [-0.25, -0.2) is 0 Å². The van der Waals surface area contributed by atoms with E-state index in [2.05, 4.69) is 69.5 Å². The molecule has 3 nitrogen and oxygen atoms in total. The van der Waals surface area contributed by atoms with Crippen molar-refractivity contribution in [3.05, 3.63) is 108 Å². The van der Waals surface area contributed by atoms with E-state index in [4.69, 9.17) is 0 Å². The Labute approximate surface area is 154 Å². The van der Waals surface area contributed by atoms with Crippen LogP contribution in [-0.2, 0) is 19.6 Å². The Bertz CT molecular complexity index is 927. The second-order valence-electron chi connectivity index (χ2n) is 6.55. The van der Waals surface area contributed by atoms with E-state index in [1.165, 1.54) is 27.5 Å². The van der Waals surface area contributed by atoms with Crippen molar-refractivity contribution in [3.63, 3.8) is 0 Å². The molecule has 0 fully saturated rings. The van der Waals surface area contributed by atoms with Gasteiger partial charge in [0.1, 0.15) is 0 Å². The van der Waals surface area contributed by atoms with Crippen molar-refractivity contribution in [1.29, 1.82) is 0 Å². The van der Waals surface area contributed by atoms with Crippen molar-refractivity contribution < 1.29 is 0 Å². The fourth-order valence-corrected chi connectivity index (χ4v) is 3.26. The molecule has 0 bridgehead atoms. The molecular weight excluding hydrogens is 318 g/mol. The number of aromatic nitrogens is 2. The Morgan fingerprint density at radius 3 is 1.81 bits per heavy atom. The first-order valence-electron chi connectivity index (χ1n) is 8.85. The lowest BCUT2D eigenvalue weighted by Crippen LogP contribution is -2.22. The first-order valence-corrected chi connectivity index (χ1v) is 8.85. The van der Waals surface area contributed by atoms with Gasteiger partial charge in [0.25, 0.3) is 0 Å². The molecule has 0 saturated heterocycles. The first-order chi connectivity index (χ1) is 12.9. The van der Waals surface area contributed by atoms with Crippen molar-refractivity contribution in [2.45, 2.75) is 19.6 Å². The molecule has 26 heavy (non-hydrogen) atoms. The van der Waals surface area contributed by atoms with Gasteiger partial charge >= 0.3 is 0 Å². The summed E-state index contributed by atoms with van der Waals surface area (Å²) in [5.74, 6) is 0. The van der Waals surface area contributed by atoms with Crippen molar-refractivity contribution in [3.8, 4) is 0 Å². The Balaban J connectivity index is 1.58. The van der Waals surface area contributed by atoms with Gasteiger partial charge in [0.05, 0.1) is 0 Å². The number of hydrogen-bond acceptors (Lipinski definition) is 3. The van der Waals surface area contributed by atoms with Crippen LogP contribution in [0.2, 0.25) is 0 Å². The minimum absolute atomic E-state index is 0.857. The van der Waals surface area contributed by atoms with E-state index in [0.29, 0.717) is 0 Å². The van der Waals surface area contributed by atoms with E-state index in [-0.39, 0.29) is 0 Å². The zero-order chi connectivity index (χ0) is 17.6. The summed E-state index contributed by atoms with van der Waals surface area (Å²) in [4.78, 5) is 10.9. The van der Waals surface area contributed by atoms with E-state index in [0.717, 1.165) is 19.6 Å². The standard InChI is InChI=1S/C23H21N3/c1-2-8-23-13-19(9-10-22(23)7-1)16-26(17-20-5-3-11-24-14-20)18-21-6-4-12-25-15-21/h1-15H,16-18H2. The lowest BCUT2D eigenvalue weighted by atomic mass is 10.1. The van der Waals surface area contributed by atoms with E-state index < -0.39 is 0 Å². The predicted octanol–water partition coefficient (Wildman–Crippen LogP) is 4.83. The van der Waals surface area contributed by atoms with Crippen LogP contribution in [0.5, 0.6) is 0 Å². The quantitative estimate of drug-likeness (QED) is 0.504. The summed E-state index contributed by atoms with van der Waals surface area (Å²) in [6.45, 7) is 2.60. The molecule has 4 aromatic rings. The Kier molecular flexibility index (Phi) is 4.99. The third-order valence-corrected chi connectivity index (χ3v) is 4.48. The highest BCUT2D eigenvalue weighted by molar-refractivity contribution is 5.82. The molecule has 2 aromatic heterocycles. The highest BCUT2D eigenvalue weighted by Crippen LogP contribution is 2.19. The second-order valence-corrected chi connectivity index (χ2v) is 6.55. The molecular formula is C23H21N3. The van der Waals surface area contributed by atoms with E-state index in [9.17, 15) is 0 Å². The smallest absolute Gasteiger partial charge is 0.0312 e. The molecule has 128 valence electrons. The van der Waals surface area contributed by atoms with Gasteiger partial charge in [0, 0.05) is 44.4 Å². The van der Waals surface area contributed by atoms with Gasteiger partial charge in [-0.2, -0.15) is 0 Å². The maximum absolute atomic E-state index is 4.25. The fourth-order valence-electron chi connectivity index (χ4n) is 3.26. The minimum Gasteiger partial charge on any atom is -0.290 e. The van der Waals surface area contributed by atoms with Crippen LogP contribution in [0.25, 0.3) is 10.8 Å². The van der Waals surface area contributed by atoms with Crippen LogP contribution in [0.15, 0.2) is 91.5 Å². The number of pyridine rings is 2. The van der Waals surface area contributed by atoms with E-state index in [1.54, 1.807) is 0 Å². The molecule has 0 radical (unpaired) electrons. The van der Waals surface area contributed by atoms with Crippen molar-refractivity contribution in [2.24, 2.45) is 0 Å². The van der Waals surface area contributed by atoms with E-state index >= 15 is 0 Å². The lowest BCUT2D eigenvalue weighted by Gasteiger charge is -2.22. The Morgan fingerprint density at radius 1 is 0.577 bits per heavy atom. The average Bonchev–Trinajstić information content (AvgIpc) is 2.69. The summed E-state index contributed by atoms with van der Waals surface area (Å²) in [6, 6.07) is 23.5. The van der Waals surface area contributed by atoms with Gasteiger partial charge in [0.2, 0.25) is 0 Å². The van der Waals surface area contributed by atoms with Crippen molar-refractivity contribution in [2.75, 3.05) is 0 Å². The fraction of sp³-hybridized carbons (Fsp3) is 0.130. The third kappa shape index (κ3) is 4.13. The molecule has 0 amide bonds. The van der Waals surface area contributed by atoms with Gasteiger partial charge in [-0.3, -0.25) is 14.9 Å². The highest BCUT2D eigenvalue weighted by atomic mass is 15.1. The molecule has 2 heterocycles. The maximum Gasteiger partial charge on any atom is 0.0312 e. The molecule has 0 saturated carbocycles. The van der Waals surface area contributed by atoms with Crippen LogP contribution in [0.1, 0.15) is 16.7 Å². The summed E-state index contributed by atoms with van der Waals surface area (Å²) in [7, 11) is 0. The van der Waals surface area contributed by atoms with Crippen molar-refractivity contribution in [1.82, 2.24) is 14.9 Å². The topological polar surface area (TPSA) is 29.0 Å². The number of benzene rings is 2. The molecule has 4 rings (SSSR count). The Hall–Kier alpha value is -3.04. The number of nitrogens with zero attached hydrogens (tertiary/aromatic N) is 3. The summed E-state index contributed by atoms with van der Waals surface area (Å²) < 4.78 is 0. The van der Waals surface area contributed by atoms with Gasteiger partial charge in [-0.15, -0.1) is 0 Å². The molecule has 0 aliphatic carbocycles.